The van der Waals surface area contributed by atoms with Crippen molar-refractivity contribution >= 4 is 27.2 Å². The van der Waals surface area contributed by atoms with Gasteiger partial charge < -0.3 is 5.32 Å². The molecule has 2 aromatic carbocycles. The zero-order valence-corrected chi connectivity index (χ0v) is 17.5. The number of sulfone groups is 1. The number of rotatable bonds is 5. The summed E-state index contributed by atoms with van der Waals surface area (Å²) in [7, 11) is -3.19. The van der Waals surface area contributed by atoms with Crippen LogP contribution in [0.15, 0.2) is 72.9 Å². The number of amides is 1. The van der Waals surface area contributed by atoms with Gasteiger partial charge in [0.05, 0.1) is 5.75 Å². The molecule has 6 nitrogen and oxygen atoms in total. The van der Waals surface area contributed by atoms with E-state index in [1.54, 1.807) is 24.3 Å². The van der Waals surface area contributed by atoms with Crippen molar-refractivity contribution < 1.29 is 13.2 Å². The van der Waals surface area contributed by atoms with Crippen molar-refractivity contribution in [2.75, 3.05) is 11.6 Å². The Kier molecular flexibility index (Phi) is 5.13. The van der Waals surface area contributed by atoms with E-state index in [1.165, 1.54) is 6.26 Å². The Bertz CT molecular complexity index is 1340. The van der Waals surface area contributed by atoms with Crippen LogP contribution in [-0.2, 0) is 15.6 Å². The number of hydrogen-bond acceptors (Lipinski definition) is 4. The third kappa shape index (κ3) is 4.26. The Morgan fingerprint density at radius 2 is 1.80 bits per heavy atom. The molecule has 0 fully saturated rings. The fourth-order valence-electron chi connectivity index (χ4n) is 3.35. The molecule has 152 valence electrons. The maximum Gasteiger partial charge on any atom is 0.256 e. The van der Waals surface area contributed by atoms with Gasteiger partial charge in [0.1, 0.15) is 17.2 Å². The number of pyridine rings is 1. The van der Waals surface area contributed by atoms with Crippen LogP contribution in [0.5, 0.6) is 0 Å². The molecule has 0 unspecified atom stereocenters. The number of carbonyl (C=O) groups is 1. The molecule has 0 spiro atoms. The Hall–Kier alpha value is -3.45. The van der Waals surface area contributed by atoms with Crippen LogP contribution in [-0.4, -0.2) is 30.0 Å². The first kappa shape index (κ1) is 19.8. The van der Waals surface area contributed by atoms with Crippen molar-refractivity contribution in [2.24, 2.45) is 0 Å². The van der Waals surface area contributed by atoms with E-state index in [2.05, 4.69) is 5.32 Å². The number of benzene rings is 2. The molecule has 0 aliphatic carbocycles. The van der Waals surface area contributed by atoms with Crippen molar-refractivity contribution in [3.63, 3.8) is 0 Å². The highest BCUT2D eigenvalue weighted by molar-refractivity contribution is 7.89. The highest BCUT2D eigenvalue weighted by Crippen LogP contribution is 2.29. The molecule has 0 aliphatic rings. The first-order valence-electron chi connectivity index (χ1n) is 9.42. The van der Waals surface area contributed by atoms with Crippen LogP contribution in [0.4, 0.5) is 5.82 Å². The van der Waals surface area contributed by atoms with Gasteiger partial charge >= 0.3 is 0 Å². The second-order valence-corrected chi connectivity index (χ2v) is 9.47. The van der Waals surface area contributed by atoms with E-state index in [-0.39, 0.29) is 11.7 Å². The fourth-order valence-corrected chi connectivity index (χ4v) is 4.14. The third-order valence-electron chi connectivity index (χ3n) is 4.66. The molecule has 0 saturated carbocycles. The Morgan fingerprint density at radius 3 is 2.53 bits per heavy atom. The lowest BCUT2D eigenvalue weighted by Crippen LogP contribution is -2.14. The van der Waals surface area contributed by atoms with Gasteiger partial charge in [0, 0.05) is 23.6 Å². The van der Waals surface area contributed by atoms with Crippen LogP contribution in [0.2, 0.25) is 0 Å². The van der Waals surface area contributed by atoms with Crippen molar-refractivity contribution in [2.45, 2.75) is 12.7 Å². The molecule has 4 aromatic rings. The zero-order valence-electron chi connectivity index (χ0n) is 16.7. The van der Waals surface area contributed by atoms with Crippen molar-refractivity contribution in [3.8, 4) is 11.3 Å². The molecule has 0 radical (unpaired) electrons. The first-order valence-corrected chi connectivity index (χ1v) is 11.5. The quantitative estimate of drug-likeness (QED) is 0.528. The minimum Gasteiger partial charge on any atom is -0.306 e. The molecule has 1 N–H and O–H groups in total. The standard InChI is InChI=1S/C23H21N3O3S/c1-16-11-12-20-24-21(18-8-4-3-5-9-18)22(26(20)14-16)25-23(27)19-10-6-7-17(13-19)15-30(2,28)29/h3-14H,15H2,1-2H3,(H,25,27). The lowest BCUT2D eigenvalue weighted by Gasteiger charge is -2.09. The minimum atomic E-state index is -3.19. The topological polar surface area (TPSA) is 80.5 Å². The van der Waals surface area contributed by atoms with Crippen LogP contribution in [0.3, 0.4) is 0 Å². The average Bonchev–Trinajstić information content (AvgIpc) is 3.05. The largest absolute Gasteiger partial charge is 0.306 e. The molecule has 0 saturated heterocycles. The summed E-state index contributed by atoms with van der Waals surface area (Å²) in [5.41, 5.74) is 4.27. The van der Waals surface area contributed by atoms with Gasteiger partial charge in [-0.1, -0.05) is 48.5 Å². The molecule has 1 amide bonds. The monoisotopic (exact) mass is 419 g/mol. The number of aryl methyl sites for hydroxylation is 1. The van der Waals surface area contributed by atoms with Gasteiger partial charge in [-0.25, -0.2) is 13.4 Å². The van der Waals surface area contributed by atoms with E-state index >= 15 is 0 Å². The lowest BCUT2D eigenvalue weighted by atomic mass is 10.1. The SMILES string of the molecule is Cc1ccc2nc(-c3ccccc3)c(NC(=O)c3cccc(CS(C)(=O)=O)c3)n2c1. The number of hydrogen-bond donors (Lipinski definition) is 1. The fraction of sp³-hybridized carbons (Fsp3) is 0.130. The number of imidazole rings is 1. The van der Waals surface area contributed by atoms with Crippen molar-refractivity contribution in [1.29, 1.82) is 0 Å². The average molecular weight is 420 g/mol. The summed E-state index contributed by atoms with van der Waals surface area (Å²) in [6.07, 6.45) is 3.09. The molecular weight excluding hydrogens is 398 g/mol. The second-order valence-electron chi connectivity index (χ2n) is 7.33. The molecule has 0 aliphatic heterocycles. The Morgan fingerprint density at radius 1 is 1.03 bits per heavy atom. The molecule has 7 heteroatoms. The molecule has 0 bridgehead atoms. The number of anilines is 1. The maximum absolute atomic E-state index is 13.0. The predicted octanol–water partition coefficient (Wildman–Crippen LogP) is 4.11. The van der Waals surface area contributed by atoms with Gasteiger partial charge in [-0.05, 0) is 36.2 Å². The minimum absolute atomic E-state index is 0.113. The van der Waals surface area contributed by atoms with E-state index in [4.69, 9.17) is 4.98 Å². The van der Waals surface area contributed by atoms with Crippen LogP contribution < -0.4 is 5.32 Å². The summed E-state index contributed by atoms with van der Waals surface area (Å²) in [5.74, 6) is 0.127. The summed E-state index contributed by atoms with van der Waals surface area (Å²) in [6.45, 7) is 1.97. The summed E-state index contributed by atoms with van der Waals surface area (Å²) in [5, 5.41) is 2.98. The van der Waals surface area contributed by atoms with E-state index in [0.717, 1.165) is 16.8 Å². The number of nitrogens with zero attached hydrogens (tertiary/aromatic N) is 2. The highest BCUT2D eigenvalue weighted by Gasteiger charge is 2.18. The molecule has 2 aromatic heterocycles. The van der Waals surface area contributed by atoms with E-state index < -0.39 is 9.84 Å². The van der Waals surface area contributed by atoms with Gasteiger partial charge in [0.2, 0.25) is 0 Å². The van der Waals surface area contributed by atoms with Crippen LogP contribution in [0.25, 0.3) is 16.9 Å². The molecular formula is C23H21N3O3S. The second kappa shape index (κ2) is 7.76. The number of nitrogens with one attached hydrogen (secondary N) is 1. The summed E-state index contributed by atoms with van der Waals surface area (Å²) in [6, 6.07) is 20.2. The van der Waals surface area contributed by atoms with Gasteiger partial charge in [0.25, 0.3) is 5.91 Å². The van der Waals surface area contributed by atoms with Crippen LogP contribution >= 0.6 is 0 Å². The lowest BCUT2D eigenvalue weighted by molar-refractivity contribution is 0.102. The molecule has 30 heavy (non-hydrogen) atoms. The van der Waals surface area contributed by atoms with E-state index in [9.17, 15) is 13.2 Å². The van der Waals surface area contributed by atoms with Gasteiger partial charge in [-0.15, -0.1) is 0 Å². The molecule has 2 heterocycles. The predicted molar refractivity (Wildman–Crippen MR) is 118 cm³/mol. The van der Waals surface area contributed by atoms with Crippen LogP contribution in [0, 0.1) is 6.92 Å². The van der Waals surface area contributed by atoms with E-state index in [0.29, 0.717) is 22.6 Å². The number of aromatic nitrogens is 2. The first-order chi connectivity index (χ1) is 14.3. The van der Waals surface area contributed by atoms with Crippen LogP contribution in [0.1, 0.15) is 21.5 Å². The summed E-state index contributed by atoms with van der Waals surface area (Å²) < 4.78 is 25.1. The summed E-state index contributed by atoms with van der Waals surface area (Å²) in [4.78, 5) is 17.7. The normalized spacial score (nSPS) is 11.5. The summed E-state index contributed by atoms with van der Waals surface area (Å²) >= 11 is 0. The van der Waals surface area contributed by atoms with Crippen molar-refractivity contribution in [3.05, 3.63) is 89.6 Å². The Balaban J connectivity index is 1.76. The smallest absolute Gasteiger partial charge is 0.256 e. The van der Waals surface area contributed by atoms with Gasteiger partial charge in [-0.3, -0.25) is 9.20 Å². The zero-order chi connectivity index (χ0) is 21.3. The van der Waals surface area contributed by atoms with Crippen molar-refractivity contribution in [1.82, 2.24) is 9.38 Å². The Labute approximate surface area is 175 Å². The number of fused-ring (bicyclic) bond motifs is 1. The highest BCUT2D eigenvalue weighted by atomic mass is 32.2. The number of carbonyl (C=O) groups excluding carboxylic acids is 1. The maximum atomic E-state index is 13.0. The third-order valence-corrected chi connectivity index (χ3v) is 5.52. The van der Waals surface area contributed by atoms with E-state index in [1.807, 2.05) is 60.0 Å². The van der Waals surface area contributed by atoms with Gasteiger partial charge in [-0.2, -0.15) is 0 Å². The molecule has 0 atom stereocenters. The van der Waals surface area contributed by atoms with Gasteiger partial charge in [0.15, 0.2) is 9.84 Å². The molecule has 4 rings (SSSR count).